The molecule has 0 rings (SSSR count). The average molecular weight is 666 g/mol. The summed E-state index contributed by atoms with van der Waals surface area (Å²) >= 11 is 0. The van der Waals surface area contributed by atoms with Gasteiger partial charge >= 0.3 is 0 Å². The SMILES string of the molecule is CCCCCCCCCCCCCCCCCCCCCCN(CC(O)CO)C(=O)CC(CC)CCCCCCCCCCCCC. The monoisotopic (exact) mass is 666 g/mol. The molecule has 0 aromatic heterocycles. The second kappa shape index (κ2) is 38.2. The maximum absolute atomic E-state index is 13.2. The average Bonchev–Trinajstić information content (AvgIpc) is 3.08. The van der Waals surface area contributed by atoms with Crippen molar-refractivity contribution in [2.75, 3.05) is 19.7 Å². The number of hydrogen-bond donors (Lipinski definition) is 2. The number of hydrogen-bond acceptors (Lipinski definition) is 3. The molecule has 0 aliphatic carbocycles. The molecule has 0 fully saturated rings. The fourth-order valence-electron chi connectivity index (χ4n) is 7.11. The molecule has 0 radical (unpaired) electrons. The molecule has 2 N–H and O–H groups in total. The smallest absolute Gasteiger partial charge is 0.222 e. The van der Waals surface area contributed by atoms with Crippen LogP contribution < -0.4 is 0 Å². The lowest BCUT2D eigenvalue weighted by molar-refractivity contribution is -0.134. The van der Waals surface area contributed by atoms with Gasteiger partial charge in [-0.15, -0.1) is 0 Å². The van der Waals surface area contributed by atoms with E-state index in [-0.39, 0.29) is 19.1 Å². The van der Waals surface area contributed by atoms with Crippen molar-refractivity contribution in [1.82, 2.24) is 4.90 Å². The van der Waals surface area contributed by atoms with E-state index in [0.29, 0.717) is 18.9 Å². The van der Waals surface area contributed by atoms with Crippen LogP contribution in [-0.4, -0.2) is 46.8 Å². The Bertz CT molecular complexity index is 612. The number of carbonyl (C=O) groups excluding carboxylic acids is 1. The Balaban J connectivity index is 3.87. The first-order chi connectivity index (χ1) is 23.1. The van der Waals surface area contributed by atoms with E-state index >= 15 is 0 Å². The lowest BCUT2D eigenvalue weighted by Gasteiger charge is -2.27. The number of aliphatic hydroxyl groups is 2. The molecule has 282 valence electrons. The van der Waals surface area contributed by atoms with Crippen LogP contribution in [0.5, 0.6) is 0 Å². The van der Waals surface area contributed by atoms with Crippen molar-refractivity contribution >= 4 is 5.91 Å². The number of carbonyl (C=O) groups is 1. The lowest BCUT2D eigenvalue weighted by atomic mass is 9.94. The third-order valence-electron chi connectivity index (χ3n) is 10.5. The molecular weight excluding hydrogens is 578 g/mol. The summed E-state index contributed by atoms with van der Waals surface area (Å²) in [6, 6.07) is 0. The van der Waals surface area contributed by atoms with Crippen molar-refractivity contribution < 1.29 is 15.0 Å². The van der Waals surface area contributed by atoms with Crippen molar-refractivity contribution in [1.29, 1.82) is 0 Å². The van der Waals surface area contributed by atoms with Crippen LogP contribution in [0.1, 0.15) is 239 Å². The molecule has 4 heteroatoms. The maximum atomic E-state index is 13.2. The van der Waals surface area contributed by atoms with Gasteiger partial charge in [0.2, 0.25) is 5.91 Å². The van der Waals surface area contributed by atoms with Gasteiger partial charge in [-0.2, -0.15) is 0 Å². The summed E-state index contributed by atoms with van der Waals surface area (Å²) in [6.45, 7) is 7.48. The largest absolute Gasteiger partial charge is 0.394 e. The van der Waals surface area contributed by atoms with E-state index in [4.69, 9.17) is 0 Å². The molecule has 47 heavy (non-hydrogen) atoms. The molecule has 0 aromatic carbocycles. The Morgan fingerprint density at radius 1 is 0.489 bits per heavy atom. The third kappa shape index (κ3) is 33.7. The minimum Gasteiger partial charge on any atom is -0.394 e. The van der Waals surface area contributed by atoms with E-state index in [9.17, 15) is 15.0 Å². The Kier molecular flexibility index (Phi) is 37.7. The highest BCUT2D eigenvalue weighted by Gasteiger charge is 2.20. The van der Waals surface area contributed by atoms with Crippen LogP contribution in [0.4, 0.5) is 0 Å². The van der Waals surface area contributed by atoms with E-state index in [1.807, 2.05) is 4.90 Å². The van der Waals surface area contributed by atoms with E-state index in [0.717, 1.165) is 25.7 Å². The standard InChI is InChI=1S/C43H87NO3/c1-4-7-9-11-13-15-17-18-19-20-21-22-23-24-25-27-29-31-33-35-37-44(39-42(46)40-45)43(47)38-41(6-3)36-34-32-30-28-26-16-14-12-10-8-5-2/h41-42,45-46H,4-40H2,1-3H3. The number of aliphatic hydroxyl groups excluding tert-OH is 2. The van der Waals surface area contributed by atoms with Crippen molar-refractivity contribution in [2.24, 2.45) is 5.92 Å². The summed E-state index contributed by atoms with van der Waals surface area (Å²) in [6.07, 6.45) is 44.1. The van der Waals surface area contributed by atoms with E-state index in [1.165, 1.54) is 186 Å². The number of unbranched alkanes of at least 4 members (excludes halogenated alkanes) is 29. The highest BCUT2D eigenvalue weighted by molar-refractivity contribution is 5.76. The van der Waals surface area contributed by atoms with E-state index < -0.39 is 6.10 Å². The predicted molar refractivity (Wildman–Crippen MR) is 207 cm³/mol. The van der Waals surface area contributed by atoms with Crippen LogP contribution in [0.2, 0.25) is 0 Å². The highest BCUT2D eigenvalue weighted by Crippen LogP contribution is 2.21. The molecule has 4 nitrogen and oxygen atoms in total. The third-order valence-corrected chi connectivity index (χ3v) is 10.5. The van der Waals surface area contributed by atoms with Gasteiger partial charge in [-0.05, 0) is 18.8 Å². The molecular formula is C43H87NO3. The Hall–Kier alpha value is -0.610. The summed E-state index contributed by atoms with van der Waals surface area (Å²) in [7, 11) is 0. The second-order valence-corrected chi connectivity index (χ2v) is 15.2. The zero-order chi connectivity index (χ0) is 34.5. The van der Waals surface area contributed by atoms with E-state index in [1.54, 1.807) is 0 Å². The van der Waals surface area contributed by atoms with Gasteiger partial charge in [0.25, 0.3) is 0 Å². The molecule has 0 bridgehead atoms. The molecule has 0 aromatic rings. The summed E-state index contributed by atoms with van der Waals surface area (Å²) in [5.41, 5.74) is 0. The second-order valence-electron chi connectivity index (χ2n) is 15.2. The molecule has 0 heterocycles. The Labute approximate surface area is 296 Å². The first-order valence-electron chi connectivity index (χ1n) is 21.7. The van der Waals surface area contributed by atoms with Gasteiger partial charge in [0, 0.05) is 19.5 Å². The summed E-state index contributed by atoms with van der Waals surface area (Å²) < 4.78 is 0. The maximum Gasteiger partial charge on any atom is 0.222 e. The highest BCUT2D eigenvalue weighted by atomic mass is 16.3. The van der Waals surface area contributed by atoms with Gasteiger partial charge in [-0.1, -0.05) is 220 Å². The zero-order valence-electron chi connectivity index (χ0n) is 32.6. The molecule has 0 saturated heterocycles. The normalized spacial score (nSPS) is 12.9. The van der Waals surface area contributed by atoms with E-state index in [2.05, 4.69) is 20.8 Å². The van der Waals surface area contributed by atoms with Crippen LogP contribution in [0.25, 0.3) is 0 Å². The number of rotatable bonds is 39. The zero-order valence-corrected chi connectivity index (χ0v) is 32.6. The van der Waals surface area contributed by atoms with Crippen LogP contribution in [0.15, 0.2) is 0 Å². The molecule has 0 aliphatic rings. The van der Waals surface area contributed by atoms with Crippen LogP contribution in [0.3, 0.4) is 0 Å². The Morgan fingerprint density at radius 2 is 0.809 bits per heavy atom. The van der Waals surface area contributed by atoms with Crippen LogP contribution in [-0.2, 0) is 4.79 Å². The van der Waals surface area contributed by atoms with Crippen molar-refractivity contribution in [3.8, 4) is 0 Å². The minimum atomic E-state index is -0.837. The molecule has 2 atom stereocenters. The van der Waals surface area contributed by atoms with Crippen LogP contribution >= 0.6 is 0 Å². The molecule has 0 aliphatic heterocycles. The van der Waals surface area contributed by atoms with Crippen molar-refractivity contribution in [3.05, 3.63) is 0 Å². The number of amides is 1. The first-order valence-corrected chi connectivity index (χ1v) is 21.7. The summed E-state index contributed by atoms with van der Waals surface area (Å²) in [5, 5.41) is 19.5. The molecule has 1 amide bonds. The van der Waals surface area contributed by atoms with Crippen LogP contribution in [0, 0.1) is 5.92 Å². The van der Waals surface area contributed by atoms with Gasteiger partial charge in [0.15, 0.2) is 0 Å². The summed E-state index contributed by atoms with van der Waals surface area (Å²) in [4.78, 5) is 15.1. The molecule has 0 spiro atoms. The van der Waals surface area contributed by atoms with Gasteiger partial charge in [0.05, 0.1) is 12.7 Å². The quantitative estimate of drug-likeness (QED) is 0.0642. The van der Waals surface area contributed by atoms with Crippen molar-refractivity contribution in [3.63, 3.8) is 0 Å². The summed E-state index contributed by atoms with van der Waals surface area (Å²) in [5.74, 6) is 0.606. The molecule has 0 saturated carbocycles. The van der Waals surface area contributed by atoms with Gasteiger partial charge in [0.1, 0.15) is 0 Å². The fraction of sp³-hybridized carbons (Fsp3) is 0.977. The van der Waals surface area contributed by atoms with Gasteiger partial charge in [-0.3, -0.25) is 4.79 Å². The van der Waals surface area contributed by atoms with Gasteiger partial charge < -0.3 is 15.1 Å². The topological polar surface area (TPSA) is 60.8 Å². The van der Waals surface area contributed by atoms with Crippen molar-refractivity contribution in [2.45, 2.75) is 245 Å². The number of nitrogens with zero attached hydrogens (tertiary/aromatic N) is 1. The molecule has 2 unspecified atom stereocenters. The fourth-order valence-corrected chi connectivity index (χ4v) is 7.11. The lowest BCUT2D eigenvalue weighted by Crippen LogP contribution is -2.40. The Morgan fingerprint density at radius 3 is 1.13 bits per heavy atom. The minimum absolute atomic E-state index is 0.172. The first kappa shape index (κ1) is 46.4. The predicted octanol–water partition coefficient (Wildman–Crippen LogP) is 13.1. The van der Waals surface area contributed by atoms with Gasteiger partial charge in [-0.25, -0.2) is 0 Å².